The Hall–Kier alpha value is -3.84. The van der Waals surface area contributed by atoms with Crippen LogP contribution in [-0.2, 0) is 6.54 Å². The van der Waals surface area contributed by atoms with Crippen LogP contribution in [0.5, 0.6) is 17.2 Å². The summed E-state index contributed by atoms with van der Waals surface area (Å²) < 4.78 is 25.4. The molecule has 0 atom stereocenters. The van der Waals surface area contributed by atoms with Gasteiger partial charge in [-0.3, -0.25) is 9.69 Å². The van der Waals surface area contributed by atoms with Gasteiger partial charge in [-0.1, -0.05) is 24.3 Å². The van der Waals surface area contributed by atoms with E-state index in [4.69, 9.17) is 9.47 Å². The first-order valence-corrected chi connectivity index (χ1v) is 11.6. The van der Waals surface area contributed by atoms with Crippen molar-refractivity contribution in [3.8, 4) is 17.2 Å². The molecule has 0 spiro atoms. The van der Waals surface area contributed by atoms with Crippen LogP contribution in [0.4, 0.5) is 10.1 Å². The molecule has 0 unspecified atom stereocenters. The first-order chi connectivity index (χ1) is 16.9. The number of benzene rings is 3. The maximum Gasteiger partial charge on any atom is 0.232 e. The van der Waals surface area contributed by atoms with Crippen molar-refractivity contribution in [2.45, 2.75) is 13.5 Å². The number of hydrogen-bond donors (Lipinski definition) is 1. The van der Waals surface area contributed by atoms with Crippen LogP contribution < -0.4 is 14.4 Å². The number of carbonyl (C=O) groups is 1. The maximum absolute atomic E-state index is 14.2. The standard InChI is InChI=1S/C28H27FN2O4/c1-18-15-24(32)21(17-30-11-13-31(14-12-30)23-6-4-3-5-22(23)29)28-26(18)27(33)25(35-28)16-19-7-9-20(34-2)10-8-19/h3-10,15-16,32H,11-14,17H2,1-2H3/b25-16-. The molecule has 1 N–H and O–H groups in total. The Kier molecular flexibility index (Phi) is 6.17. The van der Waals surface area contributed by atoms with Gasteiger partial charge in [0, 0.05) is 32.7 Å². The van der Waals surface area contributed by atoms with Crippen LogP contribution in [0.3, 0.4) is 0 Å². The zero-order chi connectivity index (χ0) is 24.5. The molecule has 0 amide bonds. The molecule has 7 heteroatoms. The number of hydrogen-bond acceptors (Lipinski definition) is 6. The molecule has 2 heterocycles. The molecule has 180 valence electrons. The van der Waals surface area contributed by atoms with Crippen molar-refractivity contribution < 1.29 is 23.8 Å². The lowest BCUT2D eigenvalue weighted by atomic mass is 9.99. The second-order valence-electron chi connectivity index (χ2n) is 8.82. The second-order valence-corrected chi connectivity index (χ2v) is 8.82. The number of ketones is 1. The fourth-order valence-corrected chi connectivity index (χ4v) is 4.66. The molecular formula is C28H27FN2O4. The van der Waals surface area contributed by atoms with Crippen molar-refractivity contribution >= 4 is 17.5 Å². The second kappa shape index (κ2) is 9.43. The predicted octanol–water partition coefficient (Wildman–Crippen LogP) is 4.79. The summed E-state index contributed by atoms with van der Waals surface area (Å²) in [6, 6.07) is 15.8. The number of allylic oxidation sites excluding steroid dienone is 1. The zero-order valence-electron chi connectivity index (χ0n) is 19.8. The summed E-state index contributed by atoms with van der Waals surface area (Å²) in [6.07, 6.45) is 1.70. The number of methoxy groups -OCH3 is 1. The number of fused-ring (bicyclic) bond motifs is 1. The number of phenols is 1. The Balaban J connectivity index is 1.36. The number of para-hydroxylation sites is 1. The SMILES string of the molecule is COc1ccc(/C=C2\Oc3c(CN4CCN(c5ccccc5F)CC4)c(O)cc(C)c3C2=O)cc1. The summed E-state index contributed by atoms with van der Waals surface area (Å²) >= 11 is 0. The number of aryl methyl sites for hydroxylation is 1. The van der Waals surface area contributed by atoms with Gasteiger partial charge in [-0.25, -0.2) is 4.39 Å². The van der Waals surface area contributed by atoms with Crippen molar-refractivity contribution in [3.63, 3.8) is 0 Å². The van der Waals surface area contributed by atoms with Crippen LogP contribution in [0.25, 0.3) is 6.08 Å². The van der Waals surface area contributed by atoms with E-state index in [2.05, 4.69) is 4.90 Å². The molecule has 3 aromatic carbocycles. The number of halogens is 1. The summed E-state index contributed by atoms with van der Waals surface area (Å²) in [4.78, 5) is 17.4. The van der Waals surface area contributed by atoms with Gasteiger partial charge < -0.3 is 19.5 Å². The van der Waals surface area contributed by atoms with Gasteiger partial charge in [0.05, 0.1) is 23.9 Å². The topological polar surface area (TPSA) is 62.2 Å². The van der Waals surface area contributed by atoms with Crippen LogP contribution in [0.15, 0.2) is 60.4 Å². The largest absolute Gasteiger partial charge is 0.507 e. The number of rotatable bonds is 5. The Labute approximate surface area is 203 Å². The molecule has 2 aliphatic heterocycles. The summed E-state index contributed by atoms with van der Waals surface area (Å²) in [5.41, 5.74) is 3.18. The number of nitrogens with zero attached hydrogens (tertiary/aromatic N) is 2. The van der Waals surface area contributed by atoms with E-state index in [-0.39, 0.29) is 23.1 Å². The molecule has 0 aromatic heterocycles. The summed E-state index contributed by atoms with van der Waals surface area (Å²) in [7, 11) is 1.60. The predicted molar refractivity (Wildman–Crippen MR) is 133 cm³/mol. The van der Waals surface area contributed by atoms with Crippen molar-refractivity contribution in [3.05, 3.63) is 88.4 Å². The Morgan fingerprint density at radius 3 is 2.49 bits per heavy atom. The first-order valence-electron chi connectivity index (χ1n) is 11.6. The molecule has 35 heavy (non-hydrogen) atoms. The molecule has 1 saturated heterocycles. The number of phenolic OH excluding ortho intramolecular Hbond substituents is 1. The van der Waals surface area contributed by atoms with E-state index in [0.717, 1.165) is 11.3 Å². The number of aromatic hydroxyl groups is 1. The minimum Gasteiger partial charge on any atom is -0.507 e. The van der Waals surface area contributed by atoms with E-state index < -0.39 is 0 Å². The van der Waals surface area contributed by atoms with Gasteiger partial charge in [-0.2, -0.15) is 0 Å². The number of ether oxygens (including phenoxy) is 2. The van der Waals surface area contributed by atoms with E-state index >= 15 is 0 Å². The van der Waals surface area contributed by atoms with Gasteiger partial charge in [0.2, 0.25) is 5.78 Å². The normalized spacial score (nSPS) is 16.9. The summed E-state index contributed by atoms with van der Waals surface area (Å²) in [6.45, 7) is 4.95. The van der Waals surface area contributed by atoms with Crippen molar-refractivity contribution in [2.75, 3.05) is 38.2 Å². The lowest BCUT2D eigenvalue weighted by molar-refractivity contribution is 0.101. The van der Waals surface area contributed by atoms with Gasteiger partial charge in [-0.15, -0.1) is 0 Å². The van der Waals surface area contributed by atoms with Crippen LogP contribution in [0.1, 0.15) is 27.0 Å². The minimum absolute atomic E-state index is 0.108. The molecule has 0 aliphatic carbocycles. The van der Waals surface area contributed by atoms with Gasteiger partial charge in [-0.05, 0) is 54.5 Å². The summed E-state index contributed by atoms with van der Waals surface area (Å²) in [5, 5.41) is 10.8. The minimum atomic E-state index is -0.224. The highest BCUT2D eigenvalue weighted by Crippen LogP contribution is 2.42. The molecule has 1 fully saturated rings. The van der Waals surface area contributed by atoms with Crippen LogP contribution in [0, 0.1) is 12.7 Å². The van der Waals surface area contributed by atoms with E-state index in [0.29, 0.717) is 60.9 Å². The number of anilines is 1. The van der Waals surface area contributed by atoms with Crippen LogP contribution >= 0.6 is 0 Å². The molecule has 0 bridgehead atoms. The lowest BCUT2D eigenvalue weighted by Crippen LogP contribution is -2.46. The highest BCUT2D eigenvalue weighted by atomic mass is 19.1. The highest BCUT2D eigenvalue weighted by molar-refractivity contribution is 6.15. The Morgan fingerprint density at radius 2 is 1.80 bits per heavy atom. The average molecular weight is 475 g/mol. The van der Waals surface area contributed by atoms with E-state index in [1.807, 2.05) is 35.2 Å². The van der Waals surface area contributed by atoms with Gasteiger partial charge >= 0.3 is 0 Å². The molecule has 3 aromatic rings. The third kappa shape index (κ3) is 4.47. The summed E-state index contributed by atoms with van der Waals surface area (Å²) in [5.74, 6) is 1.06. The Morgan fingerprint density at radius 1 is 1.09 bits per heavy atom. The number of Topliss-reactive ketones (excluding diaryl/α,β-unsaturated/α-hetero) is 1. The quantitative estimate of drug-likeness (QED) is 0.537. The molecule has 0 radical (unpaired) electrons. The molecular weight excluding hydrogens is 447 g/mol. The zero-order valence-corrected chi connectivity index (χ0v) is 19.8. The van der Waals surface area contributed by atoms with Crippen molar-refractivity contribution in [1.29, 1.82) is 0 Å². The number of piperazine rings is 1. The van der Waals surface area contributed by atoms with Gasteiger partial charge in [0.15, 0.2) is 5.76 Å². The smallest absolute Gasteiger partial charge is 0.232 e. The fraction of sp³-hybridized carbons (Fsp3) is 0.250. The highest BCUT2D eigenvalue weighted by Gasteiger charge is 2.34. The monoisotopic (exact) mass is 474 g/mol. The Bertz CT molecular complexity index is 1300. The maximum atomic E-state index is 14.2. The van der Waals surface area contributed by atoms with E-state index in [1.165, 1.54) is 6.07 Å². The molecule has 0 saturated carbocycles. The molecule has 5 rings (SSSR count). The van der Waals surface area contributed by atoms with Crippen molar-refractivity contribution in [2.24, 2.45) is 0 Å². The molecule has 6 nitrogen and oxygen atoms in total. The van der Waals surface area contributed by atoms with Gasteiger partial charge in [0.1, 0.15) is 23.1 Å². The van der Waals surface area contributed by atoms with E-state index in [9.17, 15) is 14.3 Å². The molecule has 2 aliphatic rings. The van der Waals surface area contributed by atoms with E-state index in [1.54, 1.807) is 38.3 Å². The fourth-order valence-electron chi connectivity index (χ4n) is 4.66. The third-order valence-electron chi connectivity index (χ3n) is 6.58. The third-order valence-corrected chi connectivity index (χ3v) is 6.58. The number of carbonyl (C=O) groups excluding carboxylic acids is 1. The van der Waals surface area contributed by atoms with Crippen molar-refractivity contribution in [1.82, 2.24) is 4.90 Å². The van der Waals surface area contributed by atoms with Crippen LogP contribution in [0.2, 0.25) is 0 Å². The first kappa shape index (κ1) is 22.9. The van der Waals surface area contributed by atoms with Gasteiger partial charge in [0.25, 0.3) is 0 Å². The lowest BCUT2D eigenvalue weighted by Gasteiger charge is -2.36. The average Bonchev–Trinajstić information content (AvgIpc) is 3.19. The van der Waals surface area contributed by atoms with Crippen LogP contribution in [-0.4, -0.2) is 49.1 Å².